The molecule has 13 heavy (non-hydrogen) atoms. The van der Waals surface area contributed by atoms with Crippen LogP contribution in [0.3, 0.4) is 0 Å². The van der Waals surface area contributed by atoms with Gasteiger partial charge < -0.3 is 15.8 Å². The van der Waals surface area contributed by atoms with Crippen LogP contribution in [0.5, 0.6) is 0 Å². The van der Waals surface area contributed by atoms with Crippen LogP contribution in [0.25, 0.3) is 0 Å². The molecule has 78 valence electrons. The SMILES string of the molecule is CC[C@@H](C)[C@@H](N)C(=O)NCCOC. The second-order valence-electron chi connectivity index (χ2n) is 3.20. The van der Waals surface area contributed by atoms with Crippen molar-refractivity contribution in [2.75, 3.05) is 20.3 Å². The quantitative estimate of drug-likeness (QED) is 0.582. The average Bonchev–Trinajstić information content (AvgIpc) is 2.15. The van der Waals surface area contributed by atoms with E-state index in [4.69, 9.17) is 10.5 Å². The lowest BCUT2D eigenvalue weighted by atomic mass is 9.99. The van der Waals surface area contributed by atoms with Gasteiger partial charge in [-0.25, -0.2) is 0 Å². The number of rotatable bonds is 6. The summed E-state index contributed by atoms with van der Waals surface area (Å²) in [5.74, 6) is 0.133. The van der Waals surface area contributed by atoms with Crippen LogP contribution in [-0.4, -0.2) is 32.2 Å². The minimum atomic E-state index is -0.401. The average molecular weight is 188 g/mol. The van der Waals surface area contributed by atoms with E-state index in [0.29, 0.717) is 13.2 Å². The van der Waals surface area contributed by atoms with E-state index in [1.54, 1.807) is 7.11 Å². The Labute approximate surface area is 79.8 Å². The molecular weight excluding hydrogens is 168 g/mol. The first-order valence-electron chi connectivity index (χ1n) is 4.65. The van der Waals surface area contributed by atoms with Crippen LogP contribution in [0.2, 0.25) is 0 Å². The number of hydrogen-bond donors (Lipinski definition) is 2. The summed E-state index contributed by atoms with van der Waals surface area (Å²) < 4.78 is 4.80. The minimum absolute atomic E-state index is 0.0913. The summed E-state index contributed by atoms with van der Waals surface area (Å²) in [5.41, 5.74) is 5.70. The number of carbonyl (C=O) groups excluding carboxylic acids is 1. The van der Waals surface area contributed by atoms with Gasteiger partial charge in [-0.1, -0.05) is 20.3 Å². The smallest absolute Gasteiger partial charge is 0.237 e. The number of ether oxygens (including phenoxy) is 1. The number of nitrogens with one attached hydrogen (secondary N) is 1. The van der Waals surface area contributed by atoms with Gasteiger partial charge in [0.25, 0.3) is 0 Å². The maximum absolute atomic E-state index is 11.3. The highest BCUT2D eigenvalue weighted by atomic mass is 16.5. The first-order chi connectivity index (χ1) is 6.13. The van der Waals surface area contributed by atoms with Crippen LogP contribution in [0.15, 0.2) is 0 Å². The highest BCUT2D eigenvalue weighted by molar-refractivity contribution is 5.81. The van der Waals surface area contributed by atoms with Gasteiger partial charge in [0.1, 0.15) is 0 Å². The first kappa shape index (κ1) is 12.4. The van der Waals surface area contributed by atoms with Gasteiger partial charge in [-0.05, 0) is 5.92 Å². The lowest BCUT2D eigenvalue weighted by Gasteiger charge is -2.17. The molecule has 0 saturated heterocycles. The summed E-state index contributed by atoms with van der Waals surface area (Å²) in [4.78, 5) is 11.3. The molecule has 0 aliphatic rings. The van der Waals surface area contributed by atoms with Crippen molar-refractivity contribution in [3.05, 3.63) is 0 Å². The maximum Gasteiger partial charge on any atom is 0.237 e. The number of amides is 1. The van der Waals surface area contributed by atoms with Crippen LogP contribution < -0.4 is 11.1 Å². The molecule has 0 aliphatic carbocycles. The number of methoxy groups -OCH3 is 1. The standard InChI is InChI=1S/C9H20N2O2/c1-4-7(2)8(10)9(12)11-5-6-13-3/h7-8H,4-6,10H2,1-3H3,(H,11,12)/t7-,8-/m1/s1. The van der Waals surface area contributed by atoms with Crippen molar-refractivity contribution in [3.63, 3.8) is 0 Å². The number of carbonyl (C=O) groups is 1. The van der Waals surface area contributed by atoms with Gasteiger partial charge in [-0.15, -0.1) is 0 Å². The fourth-order valence-electron chi connectivity index (χ4n) is 0.906. The summed E-state index contributed by atoms with van der Waals surface area (Å²) in [7, 11) is 1.60. The van der Waals surface area contributed by atoms with Gasteiger partial charge in [0, 0.05) is 13.7 Å². The molecule has 4 heteroatoms. The lowest BCUT2D eigenvalue weighted by molar-refractivity contribution is -0.123. The topological polar surface area (TPSA) is 64.4 Å². The summed E-state index contributed by atoms with van der Waals surface area (Å²) in [6, 6.07) is -0.401. The zero-order valence-corrected chi connectivity index (χ0v) is 8.67. The molecule has 0 saturated carbocycles. The van der Waals surface area contributed by atoms with Crippen molar-refractivity contribution >= 4 is 5.91 Å². The van der Waals surface area contributed by atoms with E-state index in [2.05, 4.69) is 5.32 Å². The third kappa shape index (κ3) is 4.85. The Morgan fingerprint density at radius 1 is 1.62 bits per heavy atom. The highest BCUT2D eigenvalue weighted by Crippen LogP contribution is 2.04. The zero-order chi connectivity index (χ0) is 10.3. The summed E-state index contributed by atoms with van der Waals surface area (Å²) >= 11 is 0. The van der Waals surface area contributed by atoms with Crippen LogP contribution in [0.4, 0.5) is 0 Å². The molecule has 0 spiro atoms. The van der Waals surface area contributed by atoms with Crippen molar-refractivity contribution in [3.8, 4) is 0 Å². The van der Waals surface area contributed by atoms with Crippen molar-refractivity contribution in [1.29, 1.82) is 0 Å². The third-order valence-electron chi connectivity index (χ3n) is 2.17. The van der Waals surface area contributed by atoms with Crippen molar-refractivity contribution < 1.29 is 9.53 Å². The molecule has 3 N–H and O–H groups in total. The summed E-state index contributed by atoms with van der Waals surface area (Å²) in [6.45, 7) is 5.05. The summed E-state index contributed by atoms with van der Waals surface area (Å²) in [5, 5.41) is 2.71. The van der Waals surface area contributed by atoms with Crippen LogP contribution >= 0.6 is 0 Å². The van der Waals surface area contributed by atoms with E-state index in [0.717, 1.165) is 6.42 Å². The molecule has 0 aliphatic heterocycles. The fraction of sp³-hybridized carbons (Fsp3) is 0.889. The minimum Gasteiger partial charge on any atom is -0.383 e. The van der Waals surface area contributed by atoms with Crippen molar-refractivity contribution in [2.24, 2.45) is 11.7 Å². The normalized spacial score (nSPS) is 15.1. The number of nitrogens with two attached hydrogens (primary N) is 1. The second kappa shape index (κ2) is 6.86. The van der Waals surface area contributed by atoms with Crippen LogP contribution in [0, 0.1) is 5.92 Å². The molecule has 0 unspecified atom stereocenters. The molecule has 0 bridgehead atoms. The zero-order valence-electron chi connectivity index (χ0n) is 8.67. The fourth-order valence-corrected chi connectivity index (χ4v) is 0.906. The van der Waals surface area contributed by atoms with E-state index in [1.807, 2.05) is 13.8 Å². The second-order valence-corrected chi connectivity index (χ2v) is 3.20. The molecular formula is C9H20N2O2. The first-order valence-corrected chi connectivity index (χ1v) is 4.65. The van der Waals surface area contributed by atoms with Gasteiger partial charge in [0.15, 0.2) is 0 Å². The molecule has 0 rings (SSSR count). The van der Waals surface area contributed by atoms with Crippen LogP contribution in [0.1, 0.15) is 20.3 Å². The molecule has 2 atom stereocenters. The predicted octanol–water partition coefficient (Wildman–Crippen LogP) is 0.122. The van der Waals surface area contributed by atoms with E-state index in [1.165, 1.54) is 0 Å². The van der Waals surface area contributed by atoms with Crippen molar-refractivity contribution in [2.45, 2.75) is 26.3 Å². The molecule has 0 aromatic rings. The Morgan fingerprint density at radius 3 is 2.69 bits per heavy atom. The molecule has 0 aromatic carbocycles. The molecule has 1 amide bonds. The Bertz CT molecular complexity index is 151. The van der Waals surface area contributed by atoms with E-state index >= 15 is 0 Å². The van der Waals surface area contributed by atoms with E-state index in [9.17, 15) is 4.79 Å². The molecule has 0 radical (unpaired) electrons. The van der Waals surface area contributed by atoms with Gasteiger partial charge in [0.2, 0.25) is 5.91 Å². The van der Waals surface area contributed by atoms with Gasteiger partial charge in [-0.2, -0.15) is 0 Å². The molecule has 0 aromatic heterocycles. The Kier molecular flexibility index (Phi) is 6.54. The lowest BCUT2D eigenvalue weighted by Crippen LogP contribution is -2.45. The predicted molar refractivity (Wildman–Crippen MR) is 52.3 cm³/mol. The van der Waals surface area contributed by atoms with Crippen molar-refractivity contribution in [1.82, 2.24) is 5.32 Å². The third-order valence-corrected chi connectivity index (χ3v) is 2.17. The highest BCUT2D eigenvalue weighted by Gasteiger charge is 2.18. The maximum atomic E-state index is 11.3. The Hall–Kier alpha value is -0.610. The summed E-state index contributed by atoms with van der Waals surface area (Å²) in [6.07, 6.45) is 0.916. The van der Waals surface area contributed by atoms with E-state index in [-0.39, 0.29) is 11.8 Å². The van der Waals surface area contributed by atoms with E-state index < -0.39 is 6.04 Å². The molecule has 0 fully saturated rings. The number of hydrogen-bond acceptors (Lipinski definition) is 3. The van der Waals surface area contributed by atoms with Crippen LogP contribution in [-0.2, 0) is 9.53 Å². The van der Waals surface area contributed by atoms with Gasteiger partial charge in [0.05, 0.1) is 12.6 Å². The Balaban J connectivity index is 3.69. The Morgan fingerprint density at radius 2 is 2.23 bits per heavy atom. The monoisotopic (exact) mass is 188 g/mol. The largest absolute Gasteiger partial charge is 0.383 e. The molecule has 4 nitrogen and oxygen atoms in total. The van der Waals surface area contributed by atoms with Gasteiger partial charge >= 0.3 is 0 Å². The van der Waals surface area contributed by atoms with Gasteiger partial charge in [-0.3, -0.25) is 4.79 Å². The molecule has 0 heterocycles.